The van der Waals surface area contributed by atoms with Crippen molar-refractivity contribution in [3.63, 3.8) is 0 Å². The van der Waals surface area contributed by atoms with Crippen molar-refractivity contribution >= 4 is 35.3 Å². The number of carbonyl (C=O) groups excluding carboxylic acids is 2. The van der Waals surface area contributed by atoms with E-state index in [4.69, 9.17) is 16.7 Å². The standard InChI is InChI=1S/C23H20ClNO5/c24-17-11-9-16(10-12-17)21-20(18(26)13-8-15-5-2-1-3-6-15)22(29)23(30)25(21)14-4-7-19(27)28/h1-3,5-6,8-13,21,29H,4,7,14H2,(H,27,28). The Balaban J connectivity index is 1.94. The van der Waals surface area contributed by atoms with Gasteiger partial charge in [-0.25, -0.2) is 0 Å². The van der Waals surface area contributed by atoms with Crippen molar-refractivity contribution in [3.8, 4) is 0 Å². The Kier molecular flexibility index (Phi) is 6.69. The first-order valence-corrected chi connectivity index (χ1v) is 9.75. The third-order valence-electron chi connectivity index (χ3n) is 4.77. The monoisotopic (exact) mass is 425 g/mol. The number of amides is 1. The zero-order valence-corrected chi connectivity index (χ0v) is 16.7. The maximum atomic E-state index is 12.9. The highest BCUT2D eigenvalue weighted by Crippen LogP contribution is 2.38. The molecule has 0 aromatic heterocycles. The molecule has 1 unspecified atom stereocenters. The minimum absolute atomic E-state index is 0.0372. The number of nitrogens with zero attached hydrogens (tertiary/aromatic N) is 1. The van der Waals surface area contributed by atoms with Crippen molar-refractivity contribution in [2.24, 2.45) is 0 Å². The van der Waals surface area contributed by atoms with Gasteiger partial charge in [0.05, 0.1) is 11.6 Å². The molecule has 1 heterocycles. The molecule has 0 spiro atoms. The highest BCUT2D eigenvalue weighted by atomic mass is 35.5. The number of carboxylic acids is 1. The first kappa shape index (κ1) is 21.3. The maximum absolute atomic E-state index is 12.9. The molecule has 30 heavy (non-hydrogen) atoms. The molecule has 6 nitrogen and oxygen atoms in total. The average molecular weight is 426 g/mol. The van der Waals surface area contributed by atoms with Gasteiger partial charge in [0.1, 0.15) is 0 Å². The van der Waals surface area contributed by atoms with E-state index in [1.165, 1.54) is 11.0 Å². The van der Waals surface area contributed by atoms with Gasteiger partial charge in [0, 0.05) is 18.0 Å². The molecule has 0 radical (unpaired) electrons. The van der Waals surface area contributed by atoms with E-state index in [9.17, 15) is 19.5 Å². The van der Waals surface area contributed by atoms with Crippen LogP contribution in [0.4, 0.5) is 0 Å². The van der Waals surface area contributed by atoms with Crippen LogP contribution in [0.1, 0.15) is 30.0 Å². The van der Waals surface area contributed by atoms with Crippen molar-refractivity contribution in [2.75, 3.05) is 6.54 Å². The van der Waals surface area contributed by atoms with Crippen LogP contribution in [0.25, 0.3) is 6.08 Å². The number of ketones is 1. The number of aliphatic hydroxyl groups excluding tert-OH is 1. The summed E-state index contributed by atoms with van der Waals surface area (Å²) in [5.41, 5.74) is 1.37. The van der Waals surface area contributed by atoms with Gasteiger partial charge >= 0.3 is 5.97 Å². The second-order valence-electron chi connectivity index (χ2n) is 6.82. The molecular weight excluding hydrogens is 406 g/mol. The molecule has 3 rings (SSSR count). The lowest BCUT2D eigenvalue weighted by Crippen LogP contribution is -2.32. The molecule has 1 aliphatic rings. The quantitative estimate of drug-likeness (QED) is 0.618. The van der Waals surface area contributed by atoms with E-state index in [1.54, 1.807) is 30.3 Å². The van der Waals surface area contributed by atoms with Gasteiger partial charge in [0.2, 0.25) is 0 Å². The van der Waals surface area contributed by atoms with Crippen molar-refractivity contribution in [2.45, 2.75) is 18.9 Å². The van der Waals surface area contributed by atoms with E-state index in [2.05, 4.69) is 0 Å². The van der Waals surface area contributed by atoms with Crippen LogP contribution in [0.5, 0.6) is 0 Å². The van der Waals surface area contributed by atoms with Crippen molar-refractivity contribution in [1.82, 2.24) is 4.90 Å². The summed E-state index contributed by atoms with van der Waals surface area (Å²) in [5, 5.41) is 19.9. The Labute approximate surface area is 178 Å². The zero-order valence-electron chi connectivity index (χ0n) is 16.0. The number of aliphatic hydroxyl groups is 1. The minimum Gasteiger partial charge on any atom is -0.503 e. The number of hydrogen-bond donors (Lipinski definition) is 2. The van der Waals surface area contributed by atoms with Crippen molar-refractivity contribution < 1.29 is 24.6 Å². The molecule has 1 atom stereocenters. The SMILES string of the molecule is O=C(O)CCCN1C(=O)C(O)=C(C(=O)C=Cc2ccccc2)C1c1ccc(Cl)cc1. The van der Waals surface area contributed by atoms with Gasteiger partial charge in [-0.15, -0.1) is 0 Å². The topological polar surface area (TPSA) is 94.9 Å². The highest BCUT2D eigenvalue weighted by molar-refractivity contribution is 6.30. The number of allylic oxidation sites excluding steroid dienone is 1. The predicted molar refractivity (Wildman–Crippen MR) is 113 cm³/mol. The summed E-state index contributed by atoms with van der Waals surface area (Å²) in [7, 11) is 0. The van der Waals surface area contributed by atoms with Crippen LogP contribution in [0.15, 0.2) is 72.0 Å². The molecule has 0 aliphatic carbocycles. The number of benzene rings is 2. The van der Waals surface area contributed by atoms with Crippen LogP contribution >= 0.6 is 11.6 Å². The van der Waals surface area contributed by atoms with Gasteiger partial charge < -0.3 is 15.1 Å². The first-order valence-electron chi connectivity index (χ1n) is 9.37. The second kappa shape index (κ2) is 9.41. The number of aliphatic carboxylic acids is 1. The molecule has 0 saturated carbocycles. The van der Waals surface area contributed by atoms with Crippen LogP contribution in [-0.4, -0.2) is 39.3 Å². The normalized spacial score (nSPS) is 16.5. The fourth-order valence-corrected chi connectivity index (χ4v) is 3.48. The number of rotatable bonds is 8. The zero-order chi connectivity index (χ0) is 21.7. The Morgan fingerprint density at radius 1 is 1.07 bits per heavy atom. The lowest BCUT2D eigenvalue weighted by molar-refractivity contribution is -0.138. The van der Waals surface area contributed by atoms with Crippen molar-refractivity contribution in [1.29, 1.82) is 0 Å². The maximum Gasteiger partial charge on any atom is 0.303 e. The fraction of sp³-hybridized carbons (Fsp3) is 0.174. The van der Waals surface area contributed by atoms with E-state index in [1.807, 2.05) is 30.3 Å². The Morgan fingerprint density at radius 2 is 1.73 bits per heavy atom. The lowest BCUT2D eigenvalue weighted by atomic mass is 9.95. The largest absolute Gasteiger partial charge is 0.503 e. The third-order valence-corrected chi connectivity index (χ3v) is 5.02. The van der Waals surface area contributed by atoms with Crippen LogP contribution < -0.4 is 0 Å². The Bertz CT molecular complexity index is 1010. The van der Waals surface area contributed by atoms with E-state index >= 15 is 0 Å². The number of carbonyl (C=O) groups is 3. The molecule has 1 amide bonds. The van der Waals surface area contributed by atoms with E-state index in [0.717, 1.165) is 5.56 Å². The number of halogens is 1. The van der Waals surface area contributed by atoms with Gasteiger partial charge in [-0.05, 0) is 35.8 Å². The molecule has 154 valence electrons. The molecular formula is C23H20ClNO5. The smallest absolute Gasteiger partial charge is 0.303 e. The molecule has 2 N–H and O–H groups in total. The molecule has 7 heteroatoms. The summed E-state index contributed by atoms with van der Waals surface area (Å²) in [6.07, 6.45) is 2.99. The molecule has 2 aromatic rings. The van der Waals surface area contributed by atoms with E-state index < -0.39 is 29.5 Å². The predicted octanol–water partition coefficient (Wildman–Crippen LogP) is 4.18. The van der Waals surface area contributed by atoms with Crippen molar-refractivity contribution in [3.05, 3.63) is 88.2 Å². The highest BCUT2D eigenvalue weighted by Gasteiger charge is 2.42. The summed E-state index contributed by atoms with van der Waals surface area (Å²) in [5.74, 6) is -2.79. The van der Waals surface area contributed by atoms with Gasteiger partial charge in [-0.3, -0.25) is 14.4 Å². The molecule has 2 aromatic carbocycles. The van der Waals surface area contributed by atoms with Gasteiger partial charge in [-0.1, -0.05) is 60.1 Å². The minimum atomic E-state index is -0.982. The third kappa shape index (κ3) is 4.78. The molecule has 0 bridgehead atoms. The number of hydrogen-bond acceptors (Lipinski definition) is 4. The summed E-state index contributed by atoms with van der Waals surface area (Å²) >= 11 is 5.96. The fourth-order valence-electron chi connectivity index (χ4n) is 3.35. The molecule has 1 aliphatic heterocycles. The van der Waals surface area contributed by atoms with E-state index in [0.29, 0.717) is 10.6 Å². The van der Waals surface area contributed by atoms with E-state index in [-0.39, 0.29) is 25.0 Å². The first-order chi connectivity index (χ1) is 14.4. The van der Waals surface area contributed by atoms with Gasteiger partial charge in [0.25, 0.3) is 5.91 Å². The summed E-state index contributed by atoms with van der Waals surface area (Å²) in [4.78, 5) is 37.8. The van der Waals surface area contributed by atoms with Crippen LogP contribution in [0, 0.1) is 0 Å². The summed E-state index contributed by atoms with van der Waals surface area (Å²) in [6.45, 7) is 0.0850. The number of carboxylic acid groups (broad SMARTS) is 1. The molecule has 0 fully saturated rings. The lowest BCUT2D eigenvalue weighted by Gasteiger charge is -2.26. The summed E-state index contributed by atoms with van der Waals surface area (Å²) in [6, 6.07) is 15.0. The van der Waals surface area contributed by atoms with Gasteiger partial charge in [0.15, 0.2) is 11.5 Å². The van der Waals surface area contributed by atoms with Crippen LogP contribution in [-0.2, 0) is 14.4 Å². The van der Waals surface area contributed by atoms with Crippen LogP contribution in [0.2, 0.25) is 5.02 Å². The second-order valence-corrected chi connectivity index (χ2v) is 7.26. The Morgan fingerprint density at radius 3 is 2.37 bits per heavy atom. The summed E-state index contributed by atoms with van der Waals surface area (Å²) < 4.78 is 0. The Hall–Kier alpha value is -3.38. The average Bonchev–Trinajstić information content (AvgIpc) is 2.98. The molecule has 0 saturated heterocycles. The van der Waals surface area contributed by atoms with Gasteiger partial charge in [-0.2, -0.15) is 0 Å². The van der Waals surface area contributed by atoms with Crippen LogP contribution in [0.3, 0.4) is 0 Å².